The topological polar surface area (TPSA) is 58.7 Å². The fourth-order valence-corrected chi connectivity index (χ4v) is 2.50. The Hall–Kier alpha value is -0.160. The van der Waals surface area contributed by atoms with E-state index < -0.39 is 0 Å². The average molecular weight is 244 g/mol. The van der Waals surface area contributed by atoms with Crippen molar-refractivity contribution >= 4 is 0 Å². The first-order valence-electron chi connectivity index (χ1n) is 6.68. The van der Waals surface area contributed by atoms with Crippen LogP contribution in [0.1, 0.15) is 39.5 Å². The number of ether oxygens (including phenoxy) is 1. The van der Waals surface area contributed by atoms with Gasteiger partial charge in [0.1, 0.15) is 0 Å². The second-order valence-electron chi connectivity index (χ2n) is 5.67. The van der Waals surface area contributed by atoms with Gasteiger partial charge < -0.3 is 20.5 Å². The predicted octanol–water partition coefficient (Wildman–Crippen LogP) is 0.976. The molecule has 0 radical (unpaired) electrons. The van der Waals surface area contributed by atoms with Crippen LogP contribution in [0.15, 0.2) is 0 Å². The Morgan fingerprint density at radius 2 is 2.24 bits per heavy atom. The predicted molar refractivity (Wildman–Crippen MR) is 70.0 cm³/mol. The van der Waals surface area contributed by atoms with Crippen LogP contribution in [0.3, 0.4) is 0 Å². The Labute approximate surface area is 105 Å². The third-order valence-electron chi connectivity index (χ3n) is 3.69. The van der Waals surface area contributed by atoms with Gasteiger partial charge in [0.25, 0.3) is 0 Å². The second-order valence-corrected chi connectivity index (χ2v) is 5.67. The number of hydrogen-bond donors (Lipinski definition) is 2. The van der Waals surface area contributed by atoms with E-state index in [1.807, 2.05) is 0 Å². The lowest BCUT2D eigenvalue weighted by Gasteiger charge is -2.40. The second kappa shape index (κ2) is 6.69. The fourth-order valence-electron chi connectivity index (χ4n) is 2.50. The molecule has 0 aromatic rings. The van der Waals surface area contributed by atoms with Gasteiger partial charge in [-0.3, -0.25) is 0 Å². The zero-order valence-electron chi connectivity index (χ0n) is 11.5. The summed E-state index contributed by atoms with van der Waals surface area (Å²) in [5.74, 6) is 0. The highest BCUT2D eigenvalue weighted by Gasteiger charge is 2.33. The normalized spacial score (nSPS) is 30.2. The van der Waals surface area contributed by atoms with Crippen LogP contribution in [-0.4, -0.2) is 54.5 Å². The summed E-state index contributed by atoms with van der Waals surface area (Å²) in [5.41, 5.74) is 5.79. The standard InChI is InChI=1S/C13H28N2O2/c1-11(2)17-8-7-15(3)12-5-4-6-13(14,9-12)10-16/h11-12,16H,4-10,14H2,1-3H3. The molecule has 0 aromatic heterocycles. The Balaban J connectivity index is 2.33. The summed E-state index contributed by atoms with van der Waals surface area (Å²) in [6, 6.07) is 0.483. The maximum Gasteiger partial charge on any atom is 0.0611 e. The van der Waals surface area contributed by atoms with Gasteiger partial charge in [-0.25, -0.2) is 0 Å². The van der Waals surface area contributed by atoms with Gasteiger partial charge in [0, 0.05) is 18.1 Å². The molecule has 2 atom stereocenters. The third-order valence-corrected chi connectivity index (χ3v) is 3.69. The Bertz CT molecular complexity index is 223. The van der Waals surface area contributed by atoms with Crippen LogP contribution in [0, 0.1) is 0 Å². The van der Waals surface area contributed by atoms with E-state index in [0.29, 0.717) is 12.1 Å². The molecule has 2 unspecified atom stereocenters. The molecule has 1 saturated carbocycles. The minimum Gasteiger partial charge on any atom is -0.394 e. The molecule has 0 aliphatic heterocycles. The van der Waals surface area contributed by atoms with Crippen LogP contribution < -0.4 is 5.73 Å². The van der Waals surface area contributed by atoms with Crippen molar-refractivity contribution in [1.82, 2.24) is 4.90 Å². The first-order chi connectivity index (χ1) is 7.97. The van der Waals surface area contributed by atoms with Crippen LogP contribution in [0.25, 0.3) is 0 Å². The van der Waals surface area contributed by atoms with Crippen LogP contribution in [0.2, 0.25) is 0 Å². The molecule has 1 fully saturated rings. The summed E-state index contributed by atoms with van der Waals surface area (Å²) in [6.45, 7) is 5.90. The van der Waals surface area contributed by atoms with Crippen molar-refractivity contribution in [2.24, 2.45) is 5.73 Å². The molecule has 1 rings (SSSR count). The first-order valence-corrected chi connectivity index (χ1v) is 6.68. The monoisotopic (exact) mass is 244 g/mol. The minimum atomic E-state index is -0.365. The summed E-state index contributed by atoms with van der Waals surface area (Å²) in [5, 5.41) is 9.33. The number of likely N-dealkylation sites (N-methyl/N-ethyl adjacent to an activating group) is 1. The van der Waals surface area contributed by atoms with Crippen LogP contribution in [0.5, 0.6) is 0 Å². The highest BCUT2D eigenvalue weighted by molar-refractivity contribution is 4.93. The van der Waals surface area contributed by atoms with E-state index in [1.165, 1.54) is 6.42 Å². The van der Waals surface area contributed by atoms with Crippen molar-refractivity contribution in [1.29, 1.82) is 0 Å². The highest BCUT2D eigenvalue weighted by atomic mass is 16.5. The molecule has 4 heteroatoms. The number of aliphatic hydroxyl groups excluding tert-OH is 1. The van der Waals surface area contributed by atoms with E-state index >= 15 is 0 Å². The average Bonchev–Trinajstić information content (AvgIpc) is 2.28. The van der Waals surface area contributed by atoms with Crippen LogP contribution >= 0.6 is 0 Å². The largest absolute Gasteiger partial charge is 0.394 e. The molecule has 1 aliphatic rings. The van der Waals surface area contributed by atoms with Gasteiger partial charge in [0.15, 0.2) is 0 Å². The lowest BCUT2D eigenvalue weighted by molar-refractivity contribution is 0.0399. The quantitative estimate of drug-likeness (QED) is 0.731. The Kier molecular flexibility index (Phi) is 5.86. The van der Waals surface area contributed by atoms with Crippen LogP contribution in [-0.2, 0) is 4.74 Å². The molecule has 0 aromatic carbocycles. The van der Waals surface area contributed by atoms with E-state index in [-0.39, 0.29) is 12.1 Å². The highest BCUT2D eigenvalue weighted by Crippen LogP contribution is 2.28. The van der Waals surface area contributed by atoms with E-state index in [1.54, 1.807) is 0 Å². The lowest BCUT2D eigenvalue weighted by atomic mass is 9.80. The van der Waals surface area contributed by atoms with Crippen molar-refractivity contribution in [3.8, 4) is 0 Å². The Morgan fingerprint density at radius 1 is 1.53 bits per heavy atom. The van der Waals surface area contributed by atoms with E-state index in [2.05, 4.69) is 25.8 Å². The Morgan fingerprint density at radius 3 is 2.82 bits per heavy atom. The van der Waals surface area contributed by atoms with E-state index in [9.17, 15) is 5.11 Å². The van der Waals surface area contributed by atoms with Crippen molar-refractivity contribution in [3.63, 3.8) is 0 Å². The summed E-state index contributed by atoms with van der Waals surface area (Å²) < 4.78 is 5.56. The molecule has 4 nitrogen and oxygen atoms in total. The SMILES string of the molecule is CC(C)OCCN(C)C1CCCC(N)(CO)C1. The van der Waals surface area contributed by atoms with Crippen LogP contribution in [0.4, 0.5) is 0 Å². The molecule has 17 heavy (non-hydrogen) atoms. The van der Waals surface area contributed by atoms with Gasteiger partial charge in [0.05, 0.1) is 19.3 Å². The van der Waals surface area contributed by atoms with Gasteiger partial charge in [-0.15, -0.1) is 0 Å². The zero-order chi connectivity index (χ0) is 12.9. The van der Waals surface area contributed by atoms with Gasteiger partial charge in [-0.05, 0) is 46.6 Å². The number of aliphatic hydroxyl groups is 1. The fraction of sp³-hybridized carbons (Fsp3) is 1.00. The van der Waals surface area contributed by atoms with E-state index in [0.717, 1.165) is 32.4 Å². The van der Waals surface area contributed by atoms with Gasteiger partial charge in [0.2, 0.25) is 0 Å². The third kappa shape index (κ3) is 4.92. The van der Waals surface area contributed by atoms with Gasteiger partial charge >= 0.3 is 0 Å². The maximum atomic E-state index is 9.33. The number of hydrogen-bond acceptors (Lipinski definition) is 4. The van der Waals surface area contributed by atoms with Gasteiger partial charge in [-0.2, -0.15) is 0 Å². The number of nitrogens with zero attached hydrogens (tertiary/aromatic N) is 1. The molecule has 1 aliphatic carbocycles. The summed E-state index contributed by atoms with van der Waals surface area (Å²) in [6.07, 6.45) is 4.41. The molecule has 0 amide bonds. The summed E-state index contributed by atoms with van der Waals surface area (Å²) >= 11 is 0. The van der Waals surface area contributed by atoms with Crippen molar-refractivity contribution < 1.29 is 9.84 Å². The van der Waals surface area contributed by atoms with Gasteiger partial charge in [-0.1, -0.05) is 0 Å². The summed E-state index contributed by atoms with van der Waals surface area (Å²) in [7, 11) is 2.12. The smallest absolute Gasteiger partial charge is 0.0611 e. The maximum absolute atomic E-state index is 9.33. The first kappa shape index (κ1) is 14.9. The molecular weight excluding hydrogens is 216 g/mol. The molecule has 0 heterocycles. The molecular formula is C13H28N2O2. The summed E-state index contributed by atoms with van der Waals surface area (Å²) in [4.78, 5) is 2.32. The van der Waals surface area contributed by atoms with Crippen molar-refractivity contribution in [3.05, 3.63) is 0 Å². The van der Waals surface area contributed by atoms with Crippen molar-refractivity contribution in [2.45, 2.75) is 57.2 Å². The molecule has 3 N–H and O–H groups in total. The molecule has 102 valence electrons. The number of nitrogens with two attached hydrogens (primary N) is 1. The number of rotatable bonds is 6. The molecule has 0 spiro atoms. The molecule has 0 bridgehead atoms. The minimum absolute atomic E-state index is 0.0971. The van der Waals surface area contributed by atoms with E-state index in [4.69, 9.17) is 10.5 Å². The van der Waals surface area contributed by atoms with Crippen molar-refractivity contribution in [2.75, 3.05) is 26.8 Å². The lowest BCUT2D eigenvalue weighted by Crippen LogP contribution is -2.52. The zero-order valence-corrected chi connectivity index (χ0v) is 11.5. The molecule has 0 saturated heterocycles.